The number of benzene rings is 1. The number of amides is 1. The number of ether oxygens (including phenoxy) is 1. The quantitative estimate of drug-likeness (QED) is 0.588. The first kappa shape index (κ1) is 18.9. The van der Waals surface area contributed by atoms with Crippen molar-refractivity contribution < 1.29 is 9.53 Å². The second kappa shape index (κ2) is 9.18. The molecule has 2 N–H and O–H groups in total. The number of hydrogen-bond acceptors (Lipinski definition) is 6. The molecule has 0 aliphatic heterocycles. The van der Waals surface area contributed by atoms with Gasteiger partial charge in [-0.15, -0.1) is 0 Å². The molecule has 0 saturated carbocycles. The first-order chi connectivity index (χ1) is 12.5. The van der Waals surface area contributed by atoms with E-state index in [1.807, 2.05) is 45.0 Å². The Balaban J connectivity index is 2.12. The van der Waals surface area contributed by atoms with Crippen molar-refractivity contribution >= 4 is 11.9 Å². The fourth-order valence-electron chi connectivity index (χ4n) is 2.30. The Morgan fingerprint density at radius 3 is 2.77 bits per heavy atom. The minimum absolute atomic E-state index is 0.0742. The lowest BCUT2D eigenvalue weighted by Gasteiger charge is -2.18. The lowest BCUT2D eigenvalue weighted by atomic mass is 10.0. The third kappa shape index (κ3) is 5.05. The highest BCUT2D eigenvalue weighted by atomic mass is 16.5. The Hall–Kier alpha value is -3.40. The predicted molar refractivity (Wildman–Crippen MR) is 98.3 cm³/mol. The number of hydrogen-bond donors (Lipinski definition) is 2. The summed E-state index contributed by atoms with van der Waals surface area (Å²) >= 11 is 0. The van der Waals surface area contributed by atoms with Gasteiger partial charge in [-0.2, -0.15) is 5.26 Å². The Bertz CT molecular complexity index is 828. The first-order valence-electron chi connectivity index (χ1n) is 8.23. The zero-order valence-electron chi connectivity index (χ0n) is 15.0. The van der Waals surface area contributed by atoms with Crippen LogP contribution in [0.3, 0.4) is 0 Å². The Morgan fingerprint density at radius 2 is 2.12 bits per heavy atom. The maximum atomic E-state index is 12.4. The number of anilines is 1. The molecule has 0 radical (unpaired) electrons. The summed E-state index contributed by atoms with van der Waals surface area (Å²) in [5.41, 5.74) is 1.84. The molecule has 0 aliphatic rings. The average molecular weight is 351 g/mol. The van der Waals surface area contributed by atoms with Gasteiger partial charge in [-0.25, -0.2) is 9.97 Å². The Morgan fingerprint density at radius 1 is 1.38 bits per heavy atom. The molecule has 26 heavy (non-hydrogen) atoms. The molecule has 1 aromatic carbocycles. The topological polar surface area (TPSA) is 99.9 Å². The van der Waals surface area contributed by atoms with Crippen molar-refractivity contribution in [2.75, 3.05) is 11.9 Å². The highest BCUT2D eigenvalue weighted by Gasteiger charge is 2.17. The monoisotopic (exact) mass is 351 g/mol. The van der Waals surface area contributed by atoms with Crippen LogP contribution < -0.4 is 15.4 Å². The molecule has 0 spiro atoms. The van der Waals surface area contributed by atoms with Gasteiger partial charge in [-0.3, -0.25) is 4.79 Å². The molecule has 2 aromatic rings. The maximum Gasteiger partial charge on any atom is 0.263 e. The van der Waals surface area contributed by atoms with Gasteiger partial charge in [0.25, 0.3) is 5.91 Å². The van der Waals surface area contributed by atoms with E-state index >= 15 is 0 Å². The average Bonchev–Trinajstić information content (AvgIpc) is 2.64. The third-order valence-electron chi connectivity index (χ3n) is 3.56. The molecule has 0 fully saturated rings. The number of nitrogens with one attached hydrogen (secondary N) is 2. The summed E-state index contributed by atoms with van der Waals surface area (Å²) in [7, 11) is 0. The summed E-state index contributed by atoms with van der Waals surface area (Å²) in [4.78, 5) is 20.4. The van der Waals surface area contributed by atoms with Crippen molar-refractivity contribution in [2.45, 2.75) is 26.8 Å². The van der Waals surface area contributed by atoms with Gasteiger partial charge >= 0.3 is 0 Å². The lowest BCUT2D eigenvalue weighted by molar-refractivity contribution is -0.117. The van der Waals surface area contributed by atoms with Crippen molar-refractivity contribution in [1.29, 1.82) is 5.26 Å². The molecule has 7 heteroatoms. The van der Waals surface area contributed by atoms with Crippen LogP contribution in [0.2, 0.25) is 0 Å². The van der Waals surface area contributed by atoms with E-state index in [0.29, 0.717) is 18.3 Å². The van der Waals surface area contributed by atoms with E-state index in [2.05, 4.69) is 20.6 Å². The molecule has 0 saturated heterocycles. The maximum absolute atomic E-state index is 12.4. The van der Waals surface area contributed by atoms with Crippen LogP contribution in [0.25, 0.3) is 0 Å². The SMILES string of the molecule is CCOc1ccc(C)cc1C(C)NC(=O)/C(C#N)=C\Nc1ncccn1. The van der Waals surface area contributed by atoms with Crippen molar-refractivity contribution in [2.24, 2.45) is 0 Å². The van der Waals surface area contributed by atoms with Crippen LogP contribution in [0.4, 0.5) is 5.95 Å². The van der Waals surface area contributed by atoms with Crippen molar-refractivity contribution in [1.82, 2.24) is 15.3 Å². The summed E-state index contributed by atoms with van der Waals surface area (Å²) in [6.07, 6.45) is 4.41. The smallest absolute Gasteiger partial charge is 0.263 e. The molecule has 1 amide bonds. The van der Waals surface area contributed by atoms with Crippen LogP contribution in [-0.2, 0) is 4.79 Å². The van der Waals surface area contributed by atoms with Gasteiger partial charge in [0.15, 0.2) is 0 Å². The van der Waals surface area contributed by atoms with Crippen molar-refractivity contribution in [3.63, 3.8) is 0 Å². The van der Waals surface area contributed by atoms with Crippen molar-refractivity contribution in [3.05, 3.63) is 59.6 Å². The van der Waals surface area contributed by atoms with Crippen LogP contribution in [0, 0.1) is 18.3 Å². The fraction of sp³-hybridized carbons (Fsp3) is 0.263. The Kier molecular flexibility index (Phi) is 6.68. The molecule has 1 aromatic heterocycles. The van der Waals surface area contributed by atoms with E-state index in [1.165, 1.54) is 6.20 Å². The molecule has 1 atom stereocenters. The normalized spacial score (nSPS) is 12.0. The predicted octanol–water partition coefficient (Wildman–Crippen LogP) is 2.88. The van der Waals surface area contributed by atoms with Crippen LogP contribution in [0.1, 0.15) is 31.0 Å². The standard InChI is InChI=1S/C19H21N5O2/c1-4-26-17-7-6-13(2)10-16(17)14(3)24-18(25)15(11-20)12-23-19-21-8-5-9-22-19/h5-10,12,14H,4H2,1-3H3,(H,24,25)(H,21,22,23)/b15-12-. The van der Waals surface area contributed by atoms with Crippen molar-refractivity contribution in [3.8, 4) is 11.8 Å². The zero-order valence-corrected chi connectivity index (χ0v) is 15.0. The molecule has 7 nitrogen and oxygen atoms in total. The molecule has 0 bridgehead atoms. The minimum Gasteiger partial charge on any atom is -0.494 e. The zero-order chi connectivity index (χ0) is 18.9. The number of carbonyl (C=O) groups is 1. The van der Waals surface area contributed by atoms with E-state index < -0.39 is 5.91 Å². The third-order valence-corrected chi connectivity index (χ3v) is 3.56. The molecule has 1 unspecified atom stereocenters. The minimum atomic E-state index is -0.493. The second-order valence-electron chi connectivity index (χ2n) is 5.56. The Labute approximate surface area is 152 Å². The van der Waals surface area contributed by atoms with E-state index in [-0.39, 0.29) is 11.6 Å². The summed E-state index contributed by atoms with van der Waals surface area (Å²) in [5, 5.41) is 14.8. The summed E-state index contributed by atoms with van der Waals surface area (Å²) < 4.78 is 5.63. The van der Waals surface area contributed by atoms with Gasteiger partial charge in [-0.05, 0) is 32.9 Å². The van der Waals surface area contributed by atoms with E-state index in [4.69, 9.17) is 4.74 Å². The van der Waals surface area contributed by atoms with Gasteiger partial charge in [0, 0.05) is 24.2 Å². The molecule has 0 aliphatic carbocycles. The molecular weight excluding hydrogens is 330 g/mol. The number of nitriles is 1. The highest BCUT2D eigenvalue weighted by molar-refractivity contribution is 5.97. The number of aromatic nitrogens is 2. The second-order valence-corrected chi connectivity index (χ2v) is 5.56. The first-order valence-corrected chi connectivity index (χ1v) is 8.23. The van der Waals surface area contributed by atoms with Gasteiger partial charge in [0.1, 0.15) is 17.4 Å². The van der Waals surface area contributed by atoms with E-state index in [1.54, 1.807) is 18.5 Å². The summed E-state index contributed by atoms with van der Waals surface area (Å²) in [6.45, 7) is 6.25. The van der Waals surface area contributed by atoms with Crippen LogP contribution in [0.15, 0.2) is 48.4 Å². The summed E-state index contributed by atoms with van der Waals surface area (Å²) in [5.74, 6) is 0.523. The van der Waals surface area contributed by atoms with E-state index in [9.17, 15) is 10.1 Å². The largest absolute Gasteiger partial charge is 0.494 e. The number of aryl methyl sites for hydroxylation is 1. The molecule has 134 valence electrons. The lowest BCUT2D eigenvalue weighted by Crippen LogP contribution is -2.28. The van der Waals surface area contributed by atoms with Crippen LogP contribution in [-0.4, -0.2) is 22.5 Å². The van der Waals surface area contributed by atoms with Crippen LogP contribution >= 0.6 is 0 Å². The van der Waals surface area contributed by atoms with Crippen LogP contribution in [0.5, 0.6) is 5.75 Å². The van der Waals surface area contributed by atoms with E-state index in [0.717, 1.165) is 11.1 Å². The molecular formula is C19H21N5O2. The van der Waals surface area contributed by atoms with Gasteiger partial charge in [0.05, 0.1) is 12.6 Å². The van der Waals surface area contributed by atoms with Gasteiger partial charge in [0.2, 0.25) is 5.95 Å². The number of nitrogens with zero attached hydrogens (tertiary/aromatic N) is 3. The van der Waals surface area contributed by atoms with Gasteiger partial charge < -0.3 is 15.4 Å². The molecule has 2 rings (SSSR count). The number of carbonyl (C=O) groups excluding carboxylic acids is 1. The highest BCUT2D eigenvalue weighted by Crippen LogP contribution is 2.26. The summed E-state index contributed by atoms with van der Waals surface area (Å²) in [6, 6.07) is 9.02. The van der Waals surface area contributed by atoms with Gasteiger partial charge in [-0.1, -0.05) is 17.7 Å². The fourth-order valence-corrected chi connectivity index (χ4v) is 2.30. The number of rotatable bonds is 7. The molecule has 1 heterocycles.